The number of halogens is 1. The van der Waals surface area contributed by atoms with Crippen molar-refractivity contribution in [3.63, 3.8) is 0 Å². The number of hydrogen-bond donors (Lipinski definition) is 1. The lowest BCUT2D eigenvalue weighted by molar-refractivity contribution is -0.881. The second-order valence-electron chi connectivity index (χ2n) is 7.37. The summed E-state index contributed by atoms with van der Waals surface area (Å²) in [5.41, 5.74) is 3.55. The Bertz CT molecular complexity index is 1040. The van der Waals surface area contributed by atoms with Gasteiger partial charge in [0.15, 0.2) is 0 Å². The van der Waals surface area contributed by atoms with Crippen LogP contribution in [0.15, 0.2) is 61.1 Å². The van der Waals surface area contributed by atoms with E-state index < -0.39 is 0 Å². The third kappa shape index (κ3) is 4.16. The number of hydrogen-bond acceptors (Lipinski definition) is 4. The number of carbonyl (C=O) groups is 1. The molecular formula is C22H21ClN5O+. The second kappa shape index (κ2) is 8.08. The number of nitrogens with one attached hydrogen (secondary N) is 1. The minimum atomic E-state index is 0.148. The van der Waals surface area contributed by atoms with Gasteiger partial charge >= 0.3 is 5.91 Å². The highest BCUT2D eigenvalue weighted by Gasteiger charge is 2.42. The Morgan fingerprint density at radius 2 is 2.03 bits per heavy atom. The van der Waals surface area contributed by atoms with E-state index in [0.29, 0.717) is 41.2 Å². The number of H-pyrrole nitrogens is 1. The van der Waals surface area contributed by atoms with Crippen LogP contribution in [-0.2, 0) is 17.9 Å². The second-order valence-corrected chi connectivity index (χ2v) is 7.80. The van der Waals surface area contributed by atoms with Gasteiger partial charge in [-0.05, 0) is 30.3 Å². The molecule has 1 saturated heterocycles. The van der Waals surface area contributed by atoms with E-state index in [1.165, 1.54) is 0 Å². The van der Waals surface area contributed by atoms with Crippen molar-refractivity contribution in [2.24, 2.45) is 0 Å². The molecule has 2 heterocycles. The first-order valence-electron chi connectivity index (χ1n) is 9.44. The van der Waals surface area contributed by atoms with E-state index in [1.807, 2.05) is 36.4 Å². The number of benzene rings is 2. The maximum Gasteiger partial charge on any atom is 0.333 e. The SMILES string of the molecule is N#Cc1ccc(C[N+]2(Cc3cnc[nH]3)CCN(c3cccc(Cl)c3)CC2=O)cc1. The molecule has 1 fully saturated rings. The smallest absolute Gasteiger partial charge is 0.333 e. The van der Waals surface area contributed by atoms with Gasteiger partial charge in [0.1, 0.15) is 26.2 Å². The van der Waals surface area contributed by atoms with Crippen LogP contribution >= 0.6 is 11.6 Å². The van der Waals surface area contributed by atoms with E-state index in [4.69, 9.17) is 16.9 Å². The molecule has 0 saturated carbocycles. The quantitative estimate of drug-likeness (QED) is 0.658. The van der Waals surface area contributed by atoms with Gasteiger partial charge in [-0.15, -0.1) is 0 Å². The first-order valence-corrected chi connectivity index (χ1v) is 9.82. The standard InChI is InChI=1S/C22H21ClN5O/c23-19-2-1-3-21(10-19)27-8-9-28(22(29)13-27,15-20-12-25-16-26-20)14-18-6-4-17(11-24)5-7-18/h1-7,10,12,16H,8-9,13-15H2,(H,25,26)/q+1. The normalized spacial score (nSPS) is 19.2. The number of aromatic amines is 1. The first-order chi connectivity index (χ1) is 14.1. The van der Waals surface area contributed by atoms with Crippen molar-refractivity contribution < 1.29 is 9.28 Å². The molecule has 6 nitrogen and oxygen atoms in total. The zero-order valence-electron chi connectivity index (χ0n) is 15.9. The summed E-state index contributed by atoms with van der Waals surface area (Å²) in [5, 5.41) is 9.70. The van der Waals surface area contributed by atoms with Gasteiger partial charge in [-0.25, -0.2) is 14.3 Å². The zero-order valence-corrected chi connectivity index (χ0v) is 16.6. The van der Waals surface area contributed by atoms with Gasteiger partial charge in [-0.3, -0.25) is 0 Å². The molecule has 1 amide bonds. The van der Waals surface area contributed by atoms with Crippen LogP contribution in [0.4, 0.5) is 5.69 Å². The number of rotatable bonds is 5. The lowest BCUT2D eigenvalue weighted by Gasteiger charge is -2.42. The Morgan fingerprint density at radius 3 is 2.69 bits per heavy atom. The minimum Gasteiger partial charge on any atom is -0.353 e. The van der Waals surface area contributed by atoms with Gasteiger partial charge in [0.25, 0.3) is 0 Å². The van der Waals surface area contributed by atoms with Gasteiger partial charge < -0.3 is 9.88 Å². The van der Waals surface area contributed by atoms with Crippen LogP contribution in [0.1, 0.15) is 16.8 Å². The molecule has 0 spiro atoms. The van der Waals surface area contributed by atoms with Crippen molar-refractivity contribution >= 4 is 23.2 Å². The highest BCUT2D eigenvalue weighted by Crippen LogP contribution is 2.27. The highest BCUT2D eigenvalue weighted by atomic mass is 35.5. The summed E-state index contributed by atoms with van der Waals surface area (Å²) >= 11 is 6.13. The Balaban J connectivity index is 1.60. The number of aromatic nitrogens is 2. The minimum absolute atomic E-state index is 0.148. The molecule has 7 heteroatoms. The molecule has 1 aromatic heterocycles. The summed E-state index contributed by atoms with van der Waals surface area (Å²) in [6.45, 7) is 2.88. The van der Waals surface area contributed by atoms with Crippen molar-refractivity contribution in [1.29, 1.82) is 5.26 Å². The number of anilines is 1. The molecule has 1 aliphatic rings. The fourth-order valence-corrected chi connectivity index (χ4v) is 4.03. The molecule has 1 aliphatic heterocycles. The van der Waals surface area contributed by atoms with Crippen LogP contribution in [0.2, 0.25) is 5.02 Å². The summed E-state index contributed by atoms with van der Waals surface area (Å²) in [6, 6.07) is 17.2. The number of piperazine rings is 1. The maximum atomic E-state index is 13.4. The van der Waals surface area contributed by atoms with Gasteiger partial charge in [0.2, 0.25) is 0 Å². The molecule has 2 aromatic carbocycles. The predicted molar refractivity (Wildman–Crippen MR) is 111 cm³/mol. The molecule has 146 valence electrons. The van der Waals surface area contributed by atoms with Crippen molar-refractivity contribution in [3.05, 3.63) is 82.9 Å². The summed E-state index contributed by atoms with van der Waals surface area (Å²) in [7, 11) is 0. The summed E-state index contributed by atoms with van der Waals surface area (Å²) in [6.07, 6.45) is 3.41. The molecule has 0 radical (unpaired) electrons. The van der Waals surface area contributed by atoms with E-state index >= 15 is 0 Å². The fourth-order valence-electron chi connectivity index (χ4n) is 3.84. The molecule has 0 bridgehead atoms. The van der Waals surface area contributed by atoms with Gasteiger partial charge in [-0.2, -0.15) is 5.26 Å². The van der Waals surface area contributed by atoms with Crippen LogP contribution in [0, 0.1) is 11.3 Å². The number of nitrogens with zero attached hydrogens (tertiary/aromatic N) is 4. The summed E-state index contributed by atoms with van der Waals surface area (Å²) in [5.74, 6) is 0.148. The number of carbonyl (C=O) groups excluding carboxylic acids is 1. The average Bonchev–Trinajstić information content (AvgIpc) is 3.23. The van der Waals surface area contributed by atoms with Crippen LogP contribution in [0.3, 0.4) is 0 Å². The molecule has 0 aliphatic carbocycles. The first kappa shape index (κ1) is 19.2. The fraction of sp³-hybridized carbons (Fsp3) is 0.227. The largest absolute Gasteiger partial charge is 0.353 e. The Morgan fingerprint density at radius 1 is 1.21 bits per heavy atom. The van der Waals surface area contributed by atoms with Crippen molar-refractivity contribution in [1.82, 2.24) is 9.97 Å². The van der Waals surface area contributed by atoms with Gasteiger partial charge in [0.05, 0.1) is 36.4 Å². The summed E-state index contributed by atoms with van der Waals surface area (Å²) < 4.78 is 0.311. The Kier molecular flexibility index (Phi) is 5.34. The van der Waals surface area contributed by atoms with E-state index in [-0.39, 0.29) is 5.91 Å². The van der Waals surface area contributed by atoms with Crippen LogP contribution in [-0.4, -0.2) is 40.0 Å². The molecule has 1 unspecified atom stereocenters. The molecule has 29 heavy (non-hydrogen) atoms. The topological polar surface area (TPSA) is 72.8 Å². The molecule has 1 atom stereocenters. The van der Waals surface area contributed by atoms with E-state index in [2.05, 4.69) is 20.9 Å². The molecule has 3 aromatic rings. The Hall–Kier alpha value is -3.14. The third-order valence-corrected chi connectivity index (χ3v) is 5.66. The Labute approximate surface area is 174 Å². The van der Waals surface area contributed by atoms with Crippen molar-refractivity contribution in [2.75, 3.05) is 24.5 Å². The number of amides is 1. The van der Waals surface area contributed by atoms with Gasteiger partial charge in [0, 0.05) is 16.3 Å². The van der Waals surface area contributed by atoms with Crippen LogP contribution < -0.4 is 4.90 Å². The maximum absolute atomic E-state index is 13.4. The zero-order chi connectivity index (χ0) is 20.3. The highest BCUT2D eigenvalue weighted by molar-refractivity contribution is 6.30. The van der Waals surface area contributed by atoms with Crippen LogP contribution in [0.25, 0.3) is 0 Å². The average molecular weight is 407 g/mol. The number of quaternary nitrogens is 1. The van der Waals surface area contributed by atoms with E-state index in [1.54, 1.807) is 24.7 Å². The van der Waals surface area contributed by atoms with Crippen molar-refractivity contribution in [3.8, 4) is 6.07 Å². The monoisotopic (exact) mass is 406 g/mol. The summed E-state index contributed by atoms with van der Waals surface area (Å²) in [4.78, 5) is 22.8. The number of nitriles is 1. The van der Waals surface area contributed by atoms with Crippen LogP contribution in [0.5, 0.6) is 0 Å². The molecular weight excluding hydrogens is 386 g/mol. The lowest BCUT2D eigenvalue weighted by Crippen LogP contribution is -2.62. The third-order valence-electron chi connectivity index (χ3n) is 5.42. The lowest BCUT2D eigenvalue weighted by atomic mass is 10.1. The van der Waals surface area contributed by atoms with E-state index in [9.17, 15) is 4.79 Å². The molecule has 1 N–H and O–H groups in total. The number of imidazole rings is 1. The van der Waals surface area contributed by atoms with Gasteiger partial charge in [-0.1, -0.05) is 29.8 Å². The van der Waals surface area contributed by atoms with Crippen molar-refractivity contribution in [2.45, 2.75) is 13.1 Å². The predicted octanol–water partition coefficient (Wildman–Crippen LogP) is 3.50. The van der Waals surface area contributed by atoms with E-state index in [0.717, 1.165) is 23.5 Å². The molecule has 4 rings (SSSR count).